The maximum atomic E-state index is 12.6. The molecular formula is C25H18IN3O. The molecule has 0 fully saturated rings. The molecule has 0 aromatic heterocycles. The highest BCUT2D eigenvalue weighted by Gasteiger charge is 2.41. The van der Waals surface area contributed by atoms with Gasteiger partial charge in [0.05, 0.1) is 11.3 Å². The number of aromatic amines is 1. The van der Waals surface area contributed by atoms with Crippen LogP contribution in [0.25, 0.3) is 11.3 Å². The van der Waals surface area contributed by atoms with Gasteiger partial charge >= 0.3 is 0 Å². The Morgan fingerprint density at radius 1 is 0.733 bits per heavy atom. The fourth-order valence-corrected chi connectivity index (χ4v) is 4.98. The molecule has 3 aromatic carbocycles. The van der Waals surface area contributed by atoms with Gasteiger partial charge < -0.3 is 0 Å². The highest BCUT2D eigenvalue weighted by atomic mass is 127. The SMILES string of the molecule is O=c1nccc2n(C(c3ccccc3)(c3ccccc3)c3ccccc3)[nH]c(I)c1-2. The summed E-state index contributed by atoms with van der Waals surface area (Å²) in [6.07, 6.45) is 1.58. The van der Waals surface area contributed by atoms with E-state index in [1.54, 1.807) is 6.20 Å². The molecule has 2 aliphatic heterocycles. The van der Waals surface area contributed by atoms with Gasteiger partial charge in [0.15, 0.2) is 0 Å². The van der Waals surface area contributed by atoms with Crippen LogP contribution in [0.1, 0.15) is 16.7 Å². The molecule has 0 aliphatic carbocycles. The van der Waals surface area contributed by atoms with Crippen molar-refractivity contribution in [2.45, 2.75) is 5.54 Å². The smallest absolute Gasteiger partial charge is 0.281 e. The van der Waals surface area contributed by atoms with Crippen LogP contribution in [0.4, 0.5) is 0 Å². The van der Waals surface area contributed by atoms with E-state index < -0.39 is 5.54 Å². The van der Waals surface area contributed by atoms with Gasteiger partial charge in [-0.15, -0.1) is 0 Å². The third kappa shape index (κ3) is 2.81. The van der Waals surface area contributed by atoms with Crippen molar-refractivity contribution < 1.29 is 0 Å². The molecule has 0 atom stereocenters. The normalized spacial score (nSPS) is 11.6. The van der Waals surface area contributed by atoms with Gasteiger partial charge in [0.1, 0.15) is 9.24 Å². The van der Waals surface area contributed by atoms with Crippen molar-refractivity contribution in [2.24, 2.45) is 0 Å². The molecule has 5 rings (SSSR count). The molecule has 0 spiro atoms. The van der Waals surface area contributed by atoms with Gasteiger partial charge in [-0.1, -0.05) is 91.0 Å². The zero-order valence-electron chi connectivity index (χ0n) is 16.0. The monoisotopic (exact) mass is 503 g/mol. The summed E-state index contributed by atoms with van der Waals surface area (Å²) in [4.78, 5) is 16.6. The largest absolute Gasteiger partial charge is 0.290 e. The second kappa shape index (κ2) is 7.57. The van der Waals surface area contributed by atoms with Gasteiger partial charge in [-0.25, -0.2) is 4.98 Å². The van der Waals surface area contributed by atoms with Crippen molar-refractivity contribution in [3.05, 3.63) is 134 Å². The summed E-state index contributed by atoms with van der Waals surface area (Å²) in [5, 5.41) is 3.49. The van der Waals surface area contributed by atoms with Crippen LogP contribution in [0, 0.1) is 3.70 Å². The number of nitrogens with one attached hydrogen (secondary N) is 1. The molecule has 5 heteroatoms. The van der Waals surface area contributed by atoms with Crippen LogP contribution in [0.15, 0.2) is 108 Å². The lowest BCUT2D eigenvalue weighted by Crippen LogP contribution is -2.39. The van der Waals surface area contributed by atoms with Crippen molar-refractivity contribution in [3.8, 4) is 11.3 Å². The van der Waals surface area contributed by atoms with E-state index in [4.69, 9.17) is 0 Å². The minimum atomic E-state index is -0.695. The lowest BCUT2D eigenvalue weighted by Gasteiger charge is -2.38. The summed E-state index contributed by atoms with van der Waals surface area (Å²) >= 11 is 2.19. The van der Waals surface area contributed by atoms with Crippen molar-refractivity contribution in [1.82, 2.24) is 14.8 Å². The molecule has 0 bridgehead atoms. The van der Waals surface area contributed by atoms with Crippen molar-refractivity contribution in [2.75, 3.05) is 0 Å². The molecule has 0 amide bonds. The Balaban J connectivity index is 1.98. The van der Waals surface area contributed by atoms with E-state index in [0.717, 1.165) is 26.1 Å². The van der Waals surface area contributed by atoms with Gasteiger partial charge in [-0.2, -0.15) is 0 Å². The number of hydrogen-bond donors (Lipinski definition) is 1. The third-order valence-corrected chi connectivity index (χ3v) is 6.26. The van der Waals surface area contributed by atoms with Crippen LogP contribution in [0.5, 0.6) is 0 Å². The van der Waals surface area contributed by atoms with Crippen LogP contribution in [-0.4, -0.2) is 14.8 Å². The zero-order chi connectivity index (χ0) is 20.6. The maximum absolute atomic E-state index is 12.6. The number of halogens is 1. The van der Waals surface area contributed by atoms with Gasteiger partial charge in [-0.05, 0) is 45.3 Å². The number of hydrogen-bond acceptors (Lipinski definition) is 2. The number of benzene rings is 3. The van der Waals surface area contributed by atoms with E-state index in [1.165, 1.54) is 0 Å². The molecule has 146 valence electrons. The minimum Gasteiger partial charge on any atom is -0.290 e. The first kappa shape index (κ1) is 18.8. The van der Waals surface area contributed by atoms with Crippen LogP contribution in [0.3, 0.4) is 0 Å². The Morgan fingerprint density at radius 3 is 1.67 bits per heavy atom. The molecule has 0 saturated carbocycles. The summed E-state index contributed by atoms with van der Waals surface area (Å²) in [6, 6.07) is 33.0. The second-order valence-corrected chi connectivity index (χ2v) is 8.16. The van der Waals surface area contributed by atoms with E-state index in [0.29, 0.717) is 5.56 Å². The predicted octanol–water partition coefficient (Wildman–Crippen LogP) is 5.12. The predicted molar refractivity (Wildman–Crippen MR) is 127 cm³/mol. The highest BCUT2D eigenvalue weighted by Crippen LogP contribution is 2.43. The second-order valence-electron chi connectivity index (χ2n) is 7.08. The minimum absolute atomic E-state index is 0.227. The number of rotatable bonds is 4. The quantitative estimate of drug-likeness (QED) is 0.274. The zero-order valence-corrected chi connectivity index (χ0v) is 18.2. The van der Waals surface area contributed by atoms with Gasteiger partial charge in [0, 0.05) is 6.20 Å². The summed E-state index contributed by atoms with van der Waals surface area (Å²) in [5.41, 5.74) is 3.78. The van der Waals surface area contributed by atoms with E-state index in [9.17, 15) is 4.79 Å². The third-order valence-electron chi connectivity index (χ3n) is 5.47. The Bertz CT molecular complexity index is 1210. The number of fused-ring (bicyclic) bond motifs is 1. The highest BCUT2D eigenvalue weighted by molar-refractivity contribution is 14.1. The van der Waals surface area contributed by atoms with Gasteiger partial charge in [0.2, 0.25) is 0 Å². The Labute approximate surface area is 187 Å². The van der Waals surface area contributed by atoms with Crippen LogP contribution < -0.4 is 5.56 Å². The summed E-state index contributed by atoms with van der Waals surface area (Å²) in [7, 11) is 0. The van der Waals surface area contributed by atoms with Gasteiger partial charge in [0.25, 0.3) is 5.56 Å². The summed E-state index contributed by atoms with van der Waals surface area (Å²) in [6.45, 7) is 0. The molecule has 0 radical (unpaired) electrons. The van der Waals surface area contributed by atoms with Crippen molar-refractivity contribution in [1.29, 1.82) is 0 Å². The Hall–Kier alpha value is -3.19. The van der Waals surface area contributed by atoms with E-state index in [1.807, 2.05) is 60.7 Å². The van der Waals surface area contributed by atoms with E-state index >= 15 is 0 Å². The molecule has 3 aromatic rings. The fourth-order valence-electron chi connectivity index (χ4n) is 4.23. The van der Waals surface area contributed by atoms with Crippen LogP contribution >= 0.6 is 22.6 Å². The molecule has 0 unspecified atom stereocenters. The van der Waals surface area contributed by atoms with E-state index in [2.05, 4.69) is 73.8 Å². The molecule has 2 aliphatic rings. The van der Waals surface area contributed by atoms with Crippen molar-refractivity contribution >= 4 is 22.6 Å². The van der Waals surface area contributed by atoms with Crippen LogP contribution in [-0.2, 0) is 5.54 Å². The number of nitrogens with zero attached hydrogens (tertiary/aromatic N) is 2. The van der Waals surface area contributed by atoms with Crippen LogP contribution in [0.2, 0.25) is 0 Å². The molecule has 4 nitrogen and oxygen atoms in total. The topological polar surface area (TPSA) is 50.7 Å². The Morgan fingerprint density at radius 2 is 1.20 bits per heavy atom. The Kier molecular flexibility index (Phi) is 4.75. The maximum Gasteiger partial charge on any atom is 0.281 e. The summed E-state index contributed by atoms with van der Waals surface area (Å²) < 4.78 is 2.88. The molecular weight excluding hydrogens is 485 g/mol. The lowest BCUT2D eigenvalue weighted by molar-refractivity contribution is 0.464. The number of pyridine rings is 1. The molecule has 0 saturated heterocycles. The summed E-state index contributed by atoms with van der Waals surface area (Å²) in [5.74, 6) is 0. The first-order valence-electron chi connectivity index (χ1n) is 9.65. The first-order chi connectivity index (χ1) is 14.7. The standard InChI is InChI=1S/C25H18IN3O/c26-23-22-21(16-17-27-24(22)30)29(28-23)25(18-10-4-1-5-11-18,19-12-6-2-7-13-19)20-14-8-3-9-15-20/h1-17,28H. The molecule has 1 N–H and O–H groups in total. The number of H-pyrrole nitrogens is 1. The average molecular weight is 503 g/mol. The number of aromatic nitrogens is 3. The molecule has 30 heavy (non-hydrogen) atoms. The lowest BCUT2D eigenvalue weighted by atomic mass is 9.77. The fraction of sp³-hybridized carbons (Fsp3) is 0.0400. The van der Waals surface area contributed by atoms with Gasteiger partial charge in [-0.3, -0.25) is 14.6 Å². The molecule has 2 heterocycles. The van der Waals surface area contributed by atoms with Crippen molar-refractivity contribution in [3.63, 3.8) is 0 Å². The first-order valence-corrected chi connectivity index (χ1v) is 10.7. The average Bonchev–Trinajstić information content (AvgIpc) is 3.15. The van der Waals surface area contributed by atoms with E-state index in [-0.39, 0.29) is 5.56 Å².